The molecule has 0 saturated carbocycles. The summed E-state index contributed by atoms with van der Waals surface area (Å²) in [7, 11) is 1.95. The highest BCUT2D eigenvalue weighted by molar-refractivity contribution is 5.77. The van der Waals surface area contributed by atoms with Crippen molar-refractivity contribution in [3.8, 4) is 0 Å². The van der Waals surface area contributed by atoms with Crippen LogP contribution >= 0.6 is 0 Å². The van der Waals surface area contributed by atoms with Crippen molar-refractivity contribution < 1.29 is 9.90 Å². The molecular weight excluding hydrogens is 228 g/mol. The van der Waals surface area contributed by atoms with E-state index >= 15 is 0 Å². The van der Waals surface area contributed by atoms with Crippen molar-refractivity contribution in [2.24, 2.45) is 5.73 Å². The Morgan fingerprint density at radius 1 is 1.33 bits per heavy atom. The molecule has 100 valence electrons. The van der Waals surface area contributed by atoms with Crippen LogP contribution in [0.5, 0.6) is 0 Å². The van der Waals surface area contributed by atoms with Crippen molar-refractivity contribution in [2.75, 3.05) is 18.5 Å². The van der Waals surface area contributed by atoms with Gasteiger partial charge in [-0.1, -0.05) is 6.07 Å². The summed E-state index contributed by atoms with van der Waals surface area (Å²) in [5.74, 6) is -0.962. The van der Waals surface area contributed by atoms with E-state index in [0.29, 0.717) is 13.0 Å². The second kappa shape index (κ2) is 5.40. The van der Waals surface area contributed by atoms with Gasteiger partial charge in [0.2, 0.25) is 0 Å². The maximum atomic E-state index is 10.9. The number of nitrogens with two attached hydrogens (primary N) is 1. The summed E-state index contributed by atoms with van der Waals surface area (Å²) in [5.41, 5.74) is 8.04. The van der Waals surface area contributed by atoms with E-state index in [1.165, 1.54) is 11.1 Å². The summed E-state index contributed by atoms with van der Waals surface area (Å²) in [5, 5.41) is 8.97. The minimum atomic E-state index is -1.17. The summed E-state index contributed by atoms with van der Waals surface area (Å²) < 4.78 is 0. The van der Waals surface area contributed by atoms with Crippen LogP contribution in [-0.2, 0) is 4.79 Å². The summed E-state index contributed by atoms with van der Waals surface area (Å²) >= 11 is 0. The third kappa shape index (κ3) is 3.74. The highest BCUT2D eigenvalue weighted by Crippen LogP contribution is 2.18. The summed E-state index contributed by atoms with van der Waals surface area (Å²) in [6, 6.07) is 6.28. The Hall–Kier alpha value is -1.55. The van der Waals surface area contributed by atoms with Crippen LogP contribution in [0.1, 0.15) is 24.5 Å². The minimum absolute atomic E-state index is 0.409. The first-order chi connectivity index (χ1) is 8.22. The fourth-order valence-electron chi connectivity index (χ4n) is 1.81. The lowest BCUT2D eigenvalue weighted by Gasteiger charge is -2.25. The summed E-state index contributed by atoms with van der Waals surface area (Å²) in [6.45, 7) is 6.26. The topological polar surface area (TPSA) is 66.6 Å². The molecule has 0 heterocycles. The van der Waals surface area contributed by atoms with Gasteiger partial charge in [0.1, 0.15) is 5.54 Å². The molecular formula is C14H22N2O2. The van der Waals surface area contributed by atoms with Gasteiger partial charge in [-0.05, 0) is 50.5 Å². The van der Waals surface area contributed by atoms with Gasteiger partial charge in [0.25, 0.3) is 0 Å². The molecule has 4 heteroatoms. The number of aryl methyl sites for hydroxylation is 2. The maximum Gasteiger partial charge on any atom is 0.323 e. The molecule has 0 spiro atoms. The van der Waals surface area contributed by atoms with E-state index in [2.05, 4.69) is 32.0 Å². The maximum absolute atomic E-state index is 10.9. The van der Waals surface area contributed by atoms with E-state index in [-0.39, 0.29) is 0 Å². The predicted octanol–water partition coefficient (Wildman–Crippen LogP) is 1.93. The van der Waals surface area contributed by atoms with E-state index < -0.39 is 11.5 Å². The van der Waals surface area contributed by atoms with Gasteiger partial charge >= 0.3 is 5.97 Å². The van der Waals surface area contributed by atoms with Crippen molar-refractivity contribution in [3.63, 3.8) is 0 Å². The first kappa shape index (κ1) is 14.5. The molecule has 0 aliphatic carbocycles. The quantitative estimate of drug-likeness (QED) is 0.838. The molecule has 3 N–H and O–H groups in total. The number of hydrogen-bond donors (Lipinski definition) is 2. The van der Waals surface area contributed by atoms with E-state index in [1.807, 2.05) is 11.9 Å². The summed E-state index contributed by atoms with van der Waals surface area (Å²) in [6.07, 6.45) is 0.409. The first-order valence-electron chi connectivity index (χ1n) is 6.04. The molecule has 0 aliphatic rings. The molecule has 0 aliphatic heterocycles. The average molecular weight is 250 g/mol. The number of anilines is 1. The minimum Gasteiger partial charge on any atom is -0.480 e. The number of nitrogens with zero attached hydrogens (tertiary/aromatic N) is 1. The smallest absolute Gasteiger partial charge is 0.323 e. The second-order valence-electron chi connectivity index (χ2n) is 5.24. The van der Waals surface area contributed by atoms with E-state index in [9.17, 15) is 4.79 Å². The van der Waals surface area contributed by atoms with Crippen LogP contribution in [0.3, 0.4) is 0 Å². The molecule has 0 bridgehead atoms. The van der Waals surface area contributed by atoms with Crippen LogP contribution in [0.2, 0.25) is 0 Å². The number of benzene rings is 1. The second-order valence-corrected chi connectivity index (χ2v) is 5.24. The van der Waals surface area contributed by atoms with Gasteiger partial charge in [0, 0.05) is 19.3 Å². The normalized spacial score (nSPS) is 14.1. The lowest BCUT2D eigenvalue weighted by Crippen LogP contribution is -2.47. The zero-order chi connectivity index (χ0) is 13.9. The fourth-order valence-corrected chi connectivity index (χ4v) is 1.81. The standard InChI is InChI=1S/C14H22N2O2/c1-10-7-11(2)9-12(8-10)16(4)6-5-14(3,15)13(17)18/h7-9H,5-6,15H2,1-4H3,(H,17,18). The van der Waals surface area contributed by atoms with E-state index in [1.54, 1.807) is 6.92 Å². The molecule has 1 rings (SSSR count). The van der Waals surface area contributed by atoms with Crippen LogP contribution in [-0.4, -0.2) is 30.2 Å². The Morgan fingerprint density at radius 2 is 1.83 bits per heavy atom. The van der Waals surface area contributed by atoms with Gasteiger partial charge in [-0.3, -0.25) is 4.79 Å². The average Bonchev–Trinajstić information content (AvgIpc) is 2.24. The molecule has 0 amide bonds. The number of rotatable bonds is 5. The zero-order valence-electron chi connectivity index (χ0n) is 11.5. The van der Waals surface area contributed by atoms with Crippen molar-refractivity contribution >= 4 is 11.7 Å². The summed E-state index contributed by atoms with van der Waals surface area (Å²) in [4.78, 5) is 13.0. The van der Waals surface area contributed by atoms with Gasteiger partial charge in [-0.2, -0.15) is 0 Å². The van der Waals surface area contributed by atoms with Crippen molar-refractivity contribution in [2.45, 2.75) is 32.7 Å². The molecule has 4 nitrogen and oxygen atoms in total. The number of hydrogen-bond acceptors (Lipinski definition) is 3. The lowest BCUT2D eigenvalue weighted by molar-refractivity contribution is -0.142. The Kier molecular flexibility index (Phi) is 4.35. The van der Waals surface area contributed by atoms with Gasteiger partial charge in [-0.25, -0.2) is 0 Å². The number of carboxylic acids is 1. The lowest BCUT2D eigenvalue weighted by atomic mass is 9.99. The van der Waals surface area contributed by atoms with E-state index in [0.717, 1.165) is 5.69 Å². The van der Waals surface area contributed by atoms with Gasteiger partial charge in [-0.15, -0.1) is 0 Å². The Labute approximate surface area is 108 Å². The molecule has 0 radical (unpaired) electrons. The molecule has 18 heavy (non-hydrogen) atoms. The number of carbonyl (C=O) groups is 1. The molecule has 0 fully saturated rings. The molecule has 1 unspecified atom stereocenters. The van der Waals surface area contributed by atoms with Gasteiger partial charge in [0.15, 0.2) is 0 Å². The third-order valence-electron chi connectivity index (χ3n) is 3.10. The Bertz CT molecular complexity index is 421. The molecule has 1 aromatic carbocycles. The largest absolute Gasteiger partial charge is 0.480 e. The van der Waals surface area contributed by atoms with E-state index in [4.69, 9.17) is 10.8 Å². The molecule has 1 atom stereocenters. The SMILES string of the molecule is Cc1cc(C)cc(N(C)CCC(C)(N)C(=O)O)c1. The van der Waals surface area contributed by atoms with Crippen LogP contribution in [0.15, 0.2) is 18.2 Å². The van der Waals surface area contributed by atoms with Crippen molar-refractivity contribution in [1.29, 1.82) is 0 Å². The van der Waals surface area contributed by atoms with Crippen LogP contribution < -0.4 is 10.6 Å². The Morgan fingerprint density at radius 3 is 2.28 bits per heavy atom. The van der Waals surface area contributed by atoms with Crippen LogP contribution in [0, 0.1) is 13.8 Å². The van der Waals surface area contributed by atoms with Gasteiger partial charge in [0.05, 0.1) is 0 Å². The molecule has 0 aromatic heterocycles. The van der Waals surface area contributed by atoms with Gasteiger partial charge < -0.3 is 15.7 Å². The van der Waals surface area contributed by atoms with Crippen molar-refractivity contribution in [3.05, 3.63) is 29.3 Å². The molecule has 0 saturated heterocycles. The van der Waals surface area contributed by atoms with Crippen LogP contribution in [0.4, 0.5) is 5.69 Å². The zero-order valence-corrected chi connectivity index (χ0v) is 11.5. The monoisotopic (exact) mass is 250 g/mol. The number of aliphatic carboxylic acids is 1. The first-order valence-corrected chi connectivity index (χ1v) is 6.04. The highest BCUT2D eigenvalue weighted by atomic mass is 16.4. The third-order valence-corrected chi connectivity index (χ3v) is 3.10. The molecule has 1 aromatic rings. The van der Waals surface area contributed by atoms with Crippen molar-refractivity contribution in [1.82, 2.24) is 0 Å². The predicted molar refractivity (Wildman–Crippen MR) is 74.0 cm³/mol. The number of carboxylic acid groups (broad SMARTS) is 1. The Balaban J connectivity index is 2.71. The highest BCUT2D eigenvalue weighted by Gasteiger charge is 2.27. The van der Waals surface area contributed by atoms with Crippen LogP contribution in [0.25, 0.3) is 0 Å². The fraction of sp³-hybridized carbons (Fsp3) is 0.500.